The molecular weight excluding hydrogens is 340 g/mol. The van der Waals surface area contributed by atoms with Crippen molar-refractivity contribution in [2.75, 3.05) is 6.54 Å². The van der Waals surface area contributed by atoms with Crippen LogP contribution in [0.25, 0.3) is 12.2 Å². The topological polar surface area (TPSA) is 52.0 Å². The van der Waals surface area contributed by atoms with Gasteiger partial charge in [0.15, 0.2) is 0 Å². The van der Waals surface area contributed by atoms with Crippen LogP contribution in [-0.2, 0) is 12.8 Å². The van der Waals surface area contributed by atoms with Gasteiger partial charge >= 0.3 is 0 Å². The summed E-state index contributed by atoms with van der Waals surface area (Å²) < 4.78 is 0. The summed E-state index contributed by atoms with van der Waals surface area (Å²) in [6.45, 7) is 8.29. The average Bonchev–Trinajstić information content (AvgIpc) is 2.70. The number of allylic oxidation sites excluding steroid dienone is 3. The molecule has 0 heterocycles. The Hall–Kier alpha value is -2.84. The van der Waals surface area contributed by atoms with Gasteiger partial charge in [-0.15, -0.1) is 13.2 Å². The Bertz CT molecular complexity index is 809. The first-order valence-corrected chi connectivity index (χ1v) is 9.94. The molecule has 4 N–H and O–H groups in total. The summed E-state index contributed by atoms with van der Waals surface area (Å²) in [5.41, 5.74) is 18.9. The van der Waals surface area contributed by atoms with E-state index in [0.717, 1.165) is 54.5 Å². The van der Waals surface area contributed by atoms with Crippen molar-refractivity contribution in [3.8, 4) is 0 Å². The molecule has 2 nitrogen and oxygen atoms in total. The number of hydrogen-bond donors (Lipinski definition) is 2. The lowest BCUT2D eigenvalue weighted by Crippen LogP contribution is -2.03. The molecule has 0 bridgehead atoms. The predicted molar refractivity (Wildman–Crippen MR) is 124 cm³/mol. The highest BCUT2D eigenvalue weighted by molar-refractivity contribution is 5.65. The second-order valence-corrected chi connectivity index (χ2v) is 6.98. The van der Waals surface area contributed by atoms with Crippen molar-refractivity contribution in [3.63, 3.8) is 0 Å². The molecule has 0 atom stereocenters. The van der Waals surface area contributed by atoms with Crippen LogP contribution in [0.15, 0.2) is 85.1 Å². The third-order valence-electron chi connectivity index (χ3n) is 4.65. The van der Waals surface area contributed by atoms with Crippen LogP contribution in [0.1, 0.15) is 41.5 Å². The first-order chi connectivity index (χ1) is 13.7. The quantitative estimate of drug-likeness (QED) is 0.304. The van der Waals surface area contributed by atoms with Crippen LogP contribution in [0.5, 0.6) is 0 Å². The maximum atomic E-state index is 6.49. The lowest BCUT2D eigenvalue weighted by molar-refractivity contribution is 0.744. The number of nitrogens with two attached hydrogens (primary N) is 2. The molecule has 0 radical (unpaired) electrons. The number of hydrogen-bond acceptors (Lipinski definition) is 2. The van der Waals surface area contributed by atoms with E-state index in [0.29, 0.717) is 6.54 Å². The summed E-state index contributed by atoms with van der Waals surface area (Å²) in [5, 5.41) is 0. The second kappa shape index (κ2) is 11.8. The molecule has 2 rings (SSSR count). The zero-order valence-corrected chi connectivity index (χ0v) is 16.7. The summed E-state index contributed by atoms with van der Waals surface area (Å²) >= 11 is 0. The first kappa shape index (κ1) is 21.5. The van der Waals surface area contributed by atoms with E-state index in [1.54, 1.807) is 0 Å². The van der Waals surface area contributed by atoms with Gasteiger partial charge in [-0.2, -0.15) is 0 Å². The summed E-state index contributed by atoms with van der Waals surface area (Å²) in [6, 6.07) is 17.0. The number of benzene rings is 2. The lowest BCUT2D eigenvalue weighted by Gasteiger charge is -2.10. The molecule has 0 unspecified atom stereocenters. The highest BCUT2D eigenvalue weighted by Crippen LogP contribution is 2.21. The minimum Gasteiger partial charge on any atom is -0.398 e. The highest BCUT2D eigenvalue weighted by atomic mass is 14.6. The van der Waals surface area contributed by atoms with Gasteiger partial charge < -0.3 is 11.5 Å². The molecule has 0 fully saturated rings. The molecule has 2 aromatic rings. The van der Waals surface area contributed by atoms with Crippen molar-refractivity contribution in [1.29, 1.82) is 0 Å². The average molecular weight is 373 g/mol. The fourth-order valence-corrected chi connectivity index (χ4v) is 3.07. The standard InChI is InChI=1S/C26H32N2/c1-3-7-21-10-14-23(15-11-21)19-25(9-5-6-18-27)26(28)20-24-16-12-22(8-4-2)13-17-24/h3-4,10-17,19-20H,1-2,5-9,18,27-28H2/b25-19+,26-20-. The molecule has 0 amide bonds. The van der Waals surface area contributed by atoms with Gasteiger partial charge in [0.25, 0.3) is 0 Å². The fraction of sp³-hybridized carbons (Fsp3) is 0.231. The van der Waals surface area contributed by atoms with E-state index in [1.165, 1.54) is 11.1 Å². The molecule has 0 aliphatic heterocycles. The van der Waals surface area contributed by atoms with E-state index in [1.807, 2.05) is 12.2 Å². The van der Waals surface area contributed by atoms with Gasteiger partial charge in [-0.1, -0.05) is 60.7 Å². The number of rotatable bonds is 11. The number of unbranched alkanes of at least 4 members (excludes halogenated alkanes) is 1. The van der Waals surface area contributed by atoms with Crippen LogP contribution in [-0.4, -0.2) is 6.54 Å². The molecule has 2 heteroatoms. The van der Waals surface area contributed by atoms with Crippen molar-refractivity contribution in [2.45, 2.75) is 32.1 Å². The van der Waals surface area contributed by atoms with Gasteiger partial charge in [0.2, 0.25) is 0 Å². The monoisotopic (exact) mass is 372 g/mol. The molecule has 0 aliphatic rings. The Balaban J connectivity index is 2.24. The molecule has 28 heavy (non-hydrogen) atoms. The normalized spacial score (nSPS) is 12.0. The molecule has 0 spiro atoms. The fourth-order valence-electron chi connectivity index (χ4n) is 3.07. The SMILES string of the molecule is C=CCc1ccc(/C=C(N)/C(=C/c2ccc(CC=C)cc2)CCCCN)cc1. The third-order valence-corrected chi connectivity index (χ3v) is 4.65. The highest BCUT2D eigenvalue weighted by Gasteiger charge is 2.04. The third kappa shape index (κ3) is 7.05. The molecule has 0 aromatic heterocycles. The van der Waals surface area contributed by atoms with Crippen LogP contribution in [0.2, 0.25) is 0 Å². The molecule has 146 valence electrons. The molecule has 0 aliphatic carbocycles. The first-order valence-electron chi connectivity index (χ1n) is 9.94. The van der Waals surface area contributed by atoms with Gasteiger partial charge in [-0.3, -0.25) is 0 Å². The van der Waals surface area contributed by atoms with Crippen LogP contribution < -0.4 is 11.5 Å². The Morgan fingerprint density at radius 3 is 1.71 bits per heavy atom. The van der Waals surface area contributed by atoms with E-state index >= 15 is 0 Å². The van der Waals surface area contributed by atoms with Gasteiger partial charge in [0, 0.05) is 5.70 Å². The van der Waals surface area contributed by atoms with E-state index in [-0.39, 0.29) is 0 Å². The summed E-state index contributed by atoms with van der Waals surface area (Å²) in [6.07, 6.45) is 12.8. The lowest BCUT2D eigenvalue weighted by atomic mass is 9.99. The zero-order valence-electron chi connectivity index (χ0n) is 16.7. The largest absolute Gasteiger partial charge is 0.398 e. The van der Waals surface area contributed by atoms with Crippen molar-refractivity contribution in [2.24, 2.45) is 11.5 Å². The Kier molecular flexibility index (Phi) is 9.03. The Labute approximate surface area is 170 Å². The van der Waals surface area contributed by atoms with Gasteiger partial charge in [-0.05, 0) is 78.6 Å². The maximum absolute atomic E-state index is 6.49. The second-order valence-electron chi connectivity index (χ2n) is 6.98. The molecular formula is C26H32N2. The van der Waals surface area contributed by atoms with Crippen molar-refractivity contribution < 1.29 is 0 Å². The maximum Gasteiger partial charge on any atom is 0.0352 e. The smallest absolute Gasteiger partial charge is 0.0352 e. The molecule has 2 aromatic carbocycles. The predicted octanol–water partition coefficient (Wildman–Crippen LogP) is 5.66. The summed E-state index contributed by atoms with van der Waals surface area (Å²) in [4.78, 5) is 0. The van der Waals surface area contributed by atoms with Crippen LogP contribution >= 0.6 is 0 Å². The Morgan fingerprint density at radius 2 is 1.25 bits per heavy atom. The van der Waals surface area contributed by atoms with Crippen LogP contribution in [0.3, 0.4) is 0 Å². The minimum absolute atomic E-state index is 0.706. The van der Waals surface area contributed by atoms with Crippen molar-refractivity contribution in [3.05, 3.63) is 107 Å². The van der Waals surface area contributed by atoms with Crippen molar-refractivity contribution >= 4 is 12.2 Å². The minimum atomic E-state index is 0.706. The van der Waals surface area contributed by atoms with Gasteiger partial charge in [0.05, 0.1) is 0 Å². The van der Waals surface area contributed by atoms with Crippen LogP contribution in [0, 0.1) is 0 Å². The van der Waals surface area contributed by atoms with E-state index < -0.39 is 0 Å². The summed E-state index contributed by atoms with van der Waals surface area (Å²) in [7, 11) is 0. The van der Waals surface area contributed by atoms with Crippen LogP contribution in [0.4, 0.5) is 0 Å². The van der Waals surface area contributed by atoms with E-state index in [4.69, 9.17) is 11.5 Å². The zero-order chi connectivity index (χ0) is 20.2. The van der Waals surface area contributed by atoms with Gasteiger partial charge in [0.1, 0.15) is 0 Å². The molecule has 0 saturated carbocycles. The molecule has 0 saturated heterocycles. The Morgan fingerprint density at radius 1 is 0.750 bits per heavy atom. The van der Waals surface area contributed by atoms with E-state index in [2.05, 4.69) is 73.8 Å². The van der Waals surface area contributed by atoms with Crippen molar-refractivity contribution in [1.82, 2.24) is 0 Å². The summed E-state index contributed by atoms with van der Waals surface area (Å²) in [5.74, 6) is 0. The van der Waals surface area contributed by atoms with E-state index in [9.17, 15) is 0 Å². The van der Waals surface area contributed by atoms with Gasteiger partial charge in [-0.25, -0.2) is 0 Å².